The Hall–Kier alpha value is -1.96. The molecule has 1 saturated heterocycles. The molecule has 2 aromatic rings. The second-order valence-electron chi connectivity index (χ2n) is 10.5. The summed E-state index contributed by atoms with van der Waals surface area (Å²) < 4.78 is 44.0. The van der Waals surface area contributed by atoms with E-state index >= 15 is 0 Å². The van der Waals surface area contributed by atoms with E-state index in [0.29, 0.717) is 12.8 Å². The smallest absolute Gasteiger partial charge is 0.235 e. The molecule has 0 amide bonds. The van der Waals surface area contributed by atoms with E-state index in [1.807, 2.05) is 7.11 Å². The number of likely N-dealkylation sites (tertiary alicyclic amines) is 1. The predicted molar refractivity (Wildman–Crippen MR) is 133 cm³/mol. The van der Waals surface area contributed by atoms with Crippen LogP contribution in [0, 0.1) is 23.6 Å². The van der Waals surface area contributed by atoms with Gasteiger partial charge >= 0.3 is 0 Å². The number of anilines is 1. The zero-order valence-electron chi connectivity index (χ0n) is 20.0. The highest BCUT2D eigenvalue weighted by molar-refractivity contribution is 7.93. The summed E-state index contributed by atoms with van der Waals surface area (Å²) in [5.74, 6) is 2.59. The van der Waals surface area contributed by atoms with Gasteiger partial charge < -0.3 is 4.74 Å². The molecule has 1 aliphatic heterocycles. The third-order valence-corrected chi connectivity index (χ3v) is 9.92. The molecular weight excluding hydrogens is 451 g/mol. The summed E-state index contributed by atoms with van der Waals surface area (Å²) in [6.45, 7) is 6.08. The van der Waals surface area contributed by atoms with Gasteiger partial charge in [0.2, 0.25) is 10.0 Å². The van der Waals surface area contributed by atoms with E-state index in [9.17, 15) is 12.8 Å². The summed E-state index contributed by atoms with van der Waals surface area (Å²) >= 11 is 0. The summed E-state index contributed by atoms with van der Waals surface area (Å²) in [5, 5.41) is -0.286. The summed E-state index contributed by atoms with van der Waals surface area (Å²) in [5.41, 5.74) is 3.30. The first-order valence-electron chi connectivity index (χ1n) is 12.4. The number of piperidine rings is 1. The molecule has 2 aromatic carbocycles. The van der Waals surface area contributed by atoms with E-state index in [1.54, 1.807) is 0 Å². The third-order valence-electron chi connectivity index (χ3n) is 8.05. The van der Waals surface area contributed by atoms with Crippen molar-refractivity contribution in [3.8, 4) is 0 Å². The molecule has 5 nitrogen and oxygen atoms in total. The Morgan fingerprint density at radius 2 is 1.71 bits per heavy atom. The van der Waals surface area contributed by atoms with Crippen LogP contribution in [0.2, 0.25) is 0 Å². The SMILES string of the molecule is CCC1C2CN(CC3(OC)Cc4ccccc4C3)CC12.O=S(=O)(Nc1cccc(F)c1)C1CC1. The topological polar surface area (TPSA) is 58.6 Å². The van der Waals surface area contributed by atoms with Crippen molar-refractivity contribution in [3.05, 3.63) is 65.5 Å². The standard InChI is InChI=1S/C18H25NO.C9H10FNO2S/c1-3-15-16-10-19(11-17(15)16)12-18(20-2)8-13-6-4-5-7-14(13)9-18;10-7-2-1-3-8(6-7)11-14(12,13)9-4-5-9/h4-7,15-17H,3,8-12H2,1-2H3;1-3,6,9,11H,4-5H2. The average molecular weight is 487 g/mol. The second kappa shape index (κ2) is 9.25. The minimum Gasteiger partial charge on any atom is -0.376 e. The first-order chi connectivity index (χ1) is 16.3. The molecule has 0 aromatic heterocycles. The number of sulfonamides is 1. The number of methoxy groups -OCH3 is 1. The van der Waals surface area contributed by atoms with Crippen molar-refractivity contribution in [2.45, 2.75) is 49.9 Å². The zero-order chi connectivity index (χ0) is 23.9. The van der Waals surface area contributed by atoms with Gasteiger partial charge in [-0.25, -0.2) is 12.8 Å². The Labute approximate surface area is 202 Å². The van der Waals surface area contributed by atoms with Crippen LogP contribution in [0.1, 0.15) is 37.3 Å². The fraction of sp³-hybridized carbons (Fsp3) is 0.556. The molecule has 7 heteroatoms. The molecule has 3 fully saturated rings. The minimum absolute atomic E-state index is 0.0299. The molecule has 0 radical (unpaired) electrons. The van der Waals surface area contributed by atoms with E-state index < -0.39 is 15.8 Å². The molecule has 2 unspecified atom stereocenters. The van der Waals surface area contributed by atoms with Gasteiger partial charge in [0.25, 0.3) is 0 Å². The van der Waals surface area contributed by atoms with Crippen molar-refractivity contribution in [1.29, 1.82) is 0 Å². The lowest BCUT2D eigenvalue weighted by Gasteiger charge is -2.33. The van der Waals surface area contributed by atoms with Crippen LogP contribution in [0.4, 0.5) is 10.1 Å². The lowest BCUT2D eigenvalue weighted by Crippen LogP contribution is -2.45. The monoisotopic (exact) mass is 486 g/mol. The molecular formula is C27H35FN2O3S. The number of nitrogens with one attached hydrogen (secondary N) is 1. The molecule has 3 aliphatic carbocycles. The molecule has 0 bridgehead atoms. The minimum atomic E-state index is -3.27. The molecule has 2 atom stereocenters. The van der Waals surface area contributed by atoms with Gasteiger partial charge in [-0.05, 0) is 59.9 Å². The van der Waals surface area contributed by atoms with E-state index in [0.717, 1.165) is 37.1 Å². The van der Waals surface area contributed by atoms with Gasteiger partial charge in [0, 0.05) is 39.6 Å². The third kappa shape index (κ3) is 5.02. The number of benzene rings is 2. The normalized spacial score (nSPS) is 26.9. The molecule has 34 heavy (non-hydrogen) atoms. The van der Waals surface area contributed by atoms with Crippen molar-refractivity contribution < 1.29 is 17.5 Å². The number of fused-ring (bicyclic) bond motifs is 2. The Morgan fingerprint density at radius 3 is 2.24 bits per heavy atom. The predicted octanol–water partition coefficient (Wildman–Crippen LogP) is 4.49. The summed E-state index contributed by atoms with van der Waals surface area (Å²) in [6.07, 6.45) is 4.95. The van der Waals surface area contributed by atoms with Gasteiger partial charge in [0.1, 0.15) is 5.82 Å². The molecule has 1 N–H and O–H groups in total. The van der Waals surface area contributed by atoms with E-state index in [1.165, 1.54) is 54.9 Å². The van der Waals surface area contributed by atoms with Gasteiger partial charge in [-0.2, -0.15) is 0 Å². The van der Waals surface area contributed by atoms with Crippen molar-refractivity contribution >= 4 is 15.7 Å². The van der Waals surface area contributed by atoms with Crippen LogP contribution in [-0.4, -0.2) is 50.9 Å². The van der Waals surface area contributed by atoms with Crippen LogP contribution in [0.5, 0.6) is 0 Å². The zero-order valence-corrected chi connectivity index (χ0v) is 20.9. The van der Waals surface area contributed by atoms with Crippen molar-refractivity contribution in [1.82, 2.24) is 4.90 Å². The quantitative estimate of drug-likeness (QED) is 0.627. The first-order valence-corrected chi connectivity index (χ1v) is 14.0. The molecule has 1 heterocycles. The van der Waals surface area contributed by atoms with Crippen molar-refractivity contribution in [3.63, 3.8) is 0 Å². The highest BCUT2D eigenvalue weighted by Gasteiger charge is 2.55. The molecule has 6 rings (SSSR count). The largest absolute Gasteiger partial charge is 0.376 e. The average Bonchev–Trinajstić information content (AvgIpc) is 3.70. The van der Waals surface area contributed by atoms with Gasteiger partial charge in [-0.3, -0.25) is 9.62 Å². The molecule has 0 spiro atoms. The number of rotatable bonds is 7. The number of hydrogen-bond donors (Lipinski definition) is 1. The van der Waals surface area contributed by atoms with Crippen molar-refractivity contribution in [2.75, 3.05) is 31.5 Å². The van der Waals surface area contributed by atoms with Crippen LogP contribution in [0.25, 0.3) is 0 Å². The molecule has 2 saturated carbocycles. The number of nitrogens with zero attached hydrogens (tertiary/aromatic N) is 1. The highest BCUT2D eigenvalue weighted by atomic mass is 32.2. The Balaban J connectivity index is 0.000000152. The van der Waals surface area contributed by atoms with Gasteiger partial charge in [-0.1, -0.05) is 43.7 Å². The highest BCUT2D eigenvalue weighted by Crippen LogP contribution is 2.53. The lowest BCUT2D eigenvalue weighted by molar-refractivity contribution is -0.0272. The molecule has 184 valence electrons. The van der Waals surface area contributed by atoms with Crippen LogP contribution in [0.15, 0.2) is 48.5 Å². The number of hydrogen-bond acceptors (Lipinski definition) is 4. The maximum Gasteiger partial charge on any atom is 0.235 e. The first kappa shape index (κ1) is 23.8. The molecule has 4 aliphatic rings. The maximum atomic E-state index is 12.7. The number of halogens is 1. The van der Waals surface area contributed by atoms with E-state index in [4.69, 9.17) is 4.74 Å². The maximum absolute atomic E-state index is 12.7. The van der Waals surface area contributed by atoms with E-state index in [2.05, 4.69) is 40.8 Å². The Kier molecular flexibility index (Phi) is 6.46. The van der Waals surface area contributed by atoms with Gasteiger partial charge in [0.15, 0.2) is 0 Å². The lowest BCUT2D eigenvalue weighted by atomic mass is 9.99. The van der Waals surface area contributed by atoms with Crippen LogP contribution in [-0.2, 0) is 27.6 Å². The van der Waals surface area contributed by atoms with Crippen LogP contribution < -0.4 is 4.72 Å². The number of ether oxygens (including phenoxy) is 1. The summed E-state index contributed by atoms with van der Waals surface area (Å²) in [6, 6.07) is 14.3. The van der Waals surface area contributed by atoms with Crippen LogP contribution >= 0.6 is 0 Å². The van der Waals surface area contributed by atoms with Gasteiger partial charge in [-0.15, -0.1) is 0 Å². The summed E-state index contributed by atoms with van der Waals surface area (Å²) in [4.78, 5) is 2.66. The summed E-state index contributed by atoms with van der Waals surface area (Å²) in [7, 11) is -1.37. The van der Waals surface area contributed by atoms with Crippen LogP contribution in [0.3, 0.4) is 0 Å². The van der Waals surface area contributed by atoms with E-state index in [-0.39, 0.29) is 16.5 Å². The fourth-order valence-electron chi connectivity index (χ4n) is 6.04. The fourth-order valence-corrected chi connectivity index (χ4v) is 7.42. The van der Waals surface area contributed by atoms with Crippen molar-refractivity contribution in [2.24, 2.45) is 17.8 Å². The second-order valence-corrected chi connectivity index (χ2v) is 12.4. The Bertz CT molecular complexity index is 1100. The van der Waals surface area contributed by atoms with Gasteiger partial charge in [0.05, 0.1) is 16.5 Å². The Morgan fingerprint density at radius 1 is 1.06 bits per heavy atom.